The second-order valence-electron chi connectivity index (χ2n) is 3.52. The summed E-state index contributed by atoms with van der Waals surface area (Å²) in [5.41, 5.74) is 6.88. The van der Waals surface area contributed by atoms with Gasteiger partial charge in [0, 0.05) is 12.6 Å². The quantitative estimate of drug-likeness (QED) is 0.819. The Hall–Kier alpha value is -0.580. The second-order valence-corrected chi connectivity index (χ2v) is 4.38. The van der Waals surface area contributed by atoms with Crippen molar-refractivity contribution in [3.63, 3.8) is 0 Å². The Morgan fingerprint density at radius 2 is 2.12 bits per heavy atom. The highest BCUT2D eigenvalue weighted by atomic mass is 79.9. The van der Waals surface area contributed by atoms with Crippen LogP contribution in [0, 0.1) is 0 Å². The average Bonchev–Trinajstić information content (AvgIpc) is 2.26. The van der Waals surface area contributed by atoms with Gasteiger partial charge in [0.05, 0.1) is 11.1 Å². The van der Waals surface area contributed by atoms with E-state index in [2.05, 4.69) is 15.9 Å². The molecule has 0 saturated carbocycles. The predicted molar refractivity (Wildman–Crippen MR) is 68.7 cm³/mol. The first-order valence-electron chi connectivity index (χ1n) is 5.40. The number of benzene rings is 1. The first-order chi connectivity index (χ1) is 7.65. The number of hydrogen-bond acceptors (Lipinski definition) is 3. The van der Waals surface area contributed by atoms with E-state index in [0.717, 1.165) is 15.8 Å². The van der Waals surface area contributed by atoms with E-state index in [4.69, 9.17) is 15.2 Å². The van der Waals surface area contributed by atoms with Gasteiger partial charge >= 0.3 is 0 Å². The third kappa shape index (κ3) is 4.12. The summed E-state index contributed by atoms with van der Waals surface area (Å²) in [5, 5.41) is 0. The Bertz CT molecular complexity index is 329. The van der Waals surface area contributed by atoms with Crippen LogP contribution >= 0.6 is 15.9 Å². The SMILES string of the molecule is CCOCCOc1ccc(C(C)N)cc1Br. The fourth-order valence-corrected chi connectivity index (χ4v) is 1.78. The van der Waals surface area contributed by atoms with E-state index in [1.54, 1.807) is 0 Å². The molecule has 1 unspecified atom stereocenters. The van der Waals surface area contributed by atoms with E-state index in [1.165, 1.54) is 0 Å². The van der Waals surface area contributed by atoms with Crippen molar-refractivity contribution < 1.29 is 9.47 Å². The van der Waals surface area contributed by atoms with Crippen LogP contribution < -0.4 is 10.5 Å². The zero-order valence-electron chi connectivity index (χ0n) is 9.70. The zero-order chi connectivity index (χ0) is 12.0. The molecular weight excluding hydrogens is 270 g/mol. The lowest BCUT2D eigenvalue weighted by atomic mass is 10.1. The number of nitrogens with two attached hydrogens (primary N) is 1. The minimum Gasteiger partial charge on any atom is -0.490 e. The number of rotatable bonds is 6. The van der Waals surface area contributed by atoms with E-state index in [0.29, 0.717) is 19.8 Å². The monoisotopic (exact) mass is 287 g/mol. The molecule has 0 amide bonds. The molecule has 3 nitrogen and oxygen atoms in total. The predicted octanol–water partition coefficient (Wildman–Crippen LogP) is 2.88. The molecule has 0 spiro atoms. The van der Waals surface area contributed by atoms with Crippen molar-refractivity contribution in [3.05, 3.63) is 28.2 Å². The Labute approximate surface area is 105 Å². The Morgan fingerprint density at radius 1 is 1.38 bits per heavy atom. The largest absolute Gasteiger partial charge is 0.490 e. The van der Waals surface area contributed by atoms with Crippen molar-refractivity contribution in [2.24, 2.45) is 5.73 Å². The first-order valence-corrected chi connectivity index (χ1v) is 6.20. The second kappa shape index (κ2) is 6.89. The maximum atomic E-state index is 5.79. The highest BCUT2D eigenvalue weighted by molar-refractivity contribution is 9.10. The topological polar surface area (TPSA) is 44.5 Å². The van der Waals surface area contributed by atoms with Crippen LogP contribution in [0.3, 0.4) is 0 Å². The van der Waals surface area contributed by atoms with Crippen LogP contribution in [-0.2, 0) is 4.74 Å². The summed E-state index contributed by atoms with van der Waals surface area (Å²) >= 11 is 3.46. The van der Waals surface area contributed by atoms with E-state index < -0.39 is 0 Å². The van der Waals surface area contributed by atoms with Crippen molar-refractivity contribution in [2.45, 2.75) is 19.9 Å². The molecule has 0 aliphatic heterocycles. The lowest BCUT2D eigenvalue weighted by Gasteiger charge is -2.11. The molecule has 0 aliphatic rings. The summed E-state index contributed by atoms with van der Waals surface area (Å²) in [6.45, 7) is 5.81. The maximum Gasteiger partial charge on any atom is 0.133 e. The molecule has 2 N–H and O–H groups in total. The minimum absolute atomic E-state index is 0.0359. The third-order valence-electron chi connectivity index (χ3n) is 2.17. The van der Waals surface area contributed by atoms with Gasteiger partial charge in [-0.2, -0.15) is 0 Å². The van der Waals surface area contributed by atoms with Gasteiger partial charge in [-0.1, -0.05) is 6.07 Å². The normalized spacial score (nSPS) is 12.5. The van der Waals surface area contributed by atoms with Gasteiger partial charge in [0.2, 0.25) is 0 Å². The van der Waals surface area contributed by atoms with E-state index in [9.17, 15) is 0 Å². The van der Waals surface area contributed by atoms with E-state index in [1.807, 2.05) is 32.0 Å². The number of hydrogen-bond donors (Lipinski definition) is 1. The number of ether oxygens (including phenoxy) is 2. The molecule has 0 heterocycles. The van der Waals surface area contributed by atoms with E-state index >= 15 is 0 Å². The lowest BCUT2D eigenvalue weighted by molar-refractivity contribution is 0.110. The van der Waals surface area contributed by atoms with Crippen LogP contribution in [0.4, 0.5) is 0 Å². The molecular formula is C12H18BrNO2. The standard InChI is InChI=1S/C12H18BrNO2/c1-3-15-6-7-16-12-5-4-10(9(2)14)8-11(12)13/h4-5,8-9H,3,6-7,14H2,1-2H3. The summed E-state index contributed by atoms with van der Waals surface area (Å²) in [6, 6.07) is 5.93. The molecule has 0 aromatic heterocycles. The van der Waals surface area contributed by atoms with Gasteiger partial charge in [-0.15, -0.1) is 0 Å². The number of halogens is 1. The first kappa shape index (κ1) is 13.5. The van der Waals surface area contributed by atoms with Crippen LogP contribution in [0.15, 0.2) is 22.7 Å². The van der Waals surface area contributed by atoms with Gasteiger partial charge in [0.1, 0.15) is 12.4 Å². The molecule has 90 valence electrons. The molecule has 16 heavy (non-hydrogen) atoms. The smallest absolute Gasteiger partial charge is 0.133 e. The summed E-state index contributed by atoms with van der Waals surface area (Å²) in [5.74, 6) is 0.823. The van der Waals surface area contributed by atoms with Gasteiger partial charge in [-0.3, -0.25) is 0 Å². The molecule has 4 heteroatoms. The molecule has 1 aromatic carbocycles. The molecule has 0 saturated heterocycles. The van der Waals surface area contributed by atoms with Gasteiger partial charge in [0.25, 0.3) is 0 Å². The van der Waals surface area contributed by atoms with Crippen molar-refractivity contribution in [2.75, 3.05) is 19.8 Å². The fourth-order valence-electron chi connectivity index (χ4n) is 1.27. The molecule has 0 radical (unpaired) electrons. The summed E-state index contributed by atoms with van der Waals surface area (Å²) in [7, 11) is 0. The van der Waals surface area contributed by atoms with Crippen LogP contribution in [-0.4, -0.2) is 19.8 Å². The lowest BCUT2D eigenvalue weighted by Crippen LogP contribution is -2.08. The molecule has 0 aliphatic carbocycles. The molecule has 1 rings (SSSR count). The molecule has 0 bridgehead atoms. The van der Waals surface area contributed by atoms with Gasteiger partial charge in [0.15, 0.2) is 0 Å². The minimum atomic E-state index is 0.0359. The molecule has 0 fully saturated rings. The molecule has 1 atom stereocenters. The van der Waals surface area contributed by atoms with Gasteiger partial charge < -0.3 is 15.2 Å². The van der Waals surface area contributed by atoms with Crippen molar-refractivity contribution >= 4 is 15.9 Å². The van der Waals surface area contributed by atoms with Crippen LogP contribution in [0.5, 0.6) is 5.75 Å². The van der Waals surface area contributed by atoms with Gasteiger partial charge in [-0.25, -0.2) is 0 Å². The van der Waals surface area contributed by atoms with E-state index in [-0.39, 0.29) is 6.04 Å². The van der Waals surface area contributed by atoms with Crippen molar-refractivity contribution in [1.29, 1.82) is 0 Å². The van der Waals surface area contributed by atoms with Crippen molar-refractivity contribution in [1.82, 2.24) is 0 Å². The van der Waals surface area contributed by atoms with Gasteiger partial charge in [-0.05, 0) is 47.5 Å². The maximum absolute atomic E-state index is 5.79. The highest BCUT2D eigenvalue weighted by Crippen LogP contribution is 2.27. The molecule has 1 aromatic rings. The Balaban J connectivity index is 2.54. The Morgan fingerprint density at radius 3 is 2.69 bits per heavy atom. The van der Waals surface area contributed by atoms with Crippen LogP contribution in [0.1, 0.15) is 25.5 Å². The fraction of sp³-hybridized carbons (Fsp3) is 0.500. The summed E-state index contributed by atoms with van der Waals surface area (Å²) in [4.78, 5) is 0. The Kier molecular flexibility index (Phi) is 5.80. The average molecular weight is 288 g/mol. The van der Waals surface area contributed by atoms with Crippen LogP contribution in [0.25, 0.3) is 0 Å². The highest BCUT2D eigenvalue weighted by Gasteiger charge is 2.05. The van der Waals surface area contributed by atoms with Crippen LogP contribution in [0.2, 0.25) is 0 Å². The summed E-state index contributed by atoms with van der Waals surface area (Å²) in [6.07, 6.45) is 0. The van der Waals surface area contributed by atoms with Crippen molar-refractivity contribution in [3.8, 4) is 5.75 Å². The zero-order valence-corrected chi connectivity index (χ0v) is 11.3. The summed E-state index contributed by atoms with van der Waals surface area (Å²) < 4.78 is 11.7. The third-order valence-corrected chi connectivity index (χ3v) is 2.79.